The van der Waals surface area contributed by atoms with Crippen molar-refractivity contribution in [1.82, 2.24) is 4.90 Å². The molecule has 0 fully saturated rings. The van der Waals surface area contributed by atoms with Gasteiger partial charge in [-0.2, -0.15) is 0 Å². The number of carbonyl (C=O) groups excluding carboxylic acids is 3. The van der Waals surface area contributed by atoms with Crippen LogP contribution in [0.3, 0.4) is 0 Å². The molecule has 214 valence electrons. The van der Waals surface area contributed by atoms with Gasteiger partial charge in [-0.3, -0.25) is 9.59 Å². The fraction of sp³-hybridized carbons (Fsp3) is 0.206. The second-order valence-electron chi connectivity index (χ2n) is 9.77. The van der Waals surface area contributed by atoms with Gasteiger partial charge in [0.1, 0.15) is 12.4 Å². The Balaban J connectivity index is 1.42. The Bertz CT molecular complexity index is 1580. The smallest absolute Gasteiger partial charge is 0.337 e. The van der Waals surface area contributed by atoms with Crippen LogP contribution >= 0.6 is 0 Å². The van der Waals surface area contributed by atoms with E-state index in [-0.39, 0.29) is 18.3 Å². The maximum absolute atomic E-state index is 13.9. The topological polar surface area (TPSA) is 91.4 Å². The first kappa shape index (κ1) is 28.4. The lowest BCUT2D eigenvalue weighted by Crippen LogP contribution is -2.42. The lowest BCUT2D eigenvalue weighted by atomic mass is 9.91. The molecule has 0 bridgehead atoms. The average Bonchev–Trinajstić information content (AvgIpc) is 3.06. The van der Waals surface area contributed by atoms with Gasteiger partial charge in [-0.25, -0.2) is 4.79 Å². The van der Waals surface area contributed by atoms with Crippen LogP contribution in [0.15, 0.2) is 91.0 Å². The third-order valence-electron chi connectivity index (χ3n) is 7.38. The summed E-state index contributed by atoms with van der Waals surface area (Å²) in [6, 6.07) is 25.8. The van der Waals surface area contributed by atoms with Crippen LogP contribution in [0.1, 0.15) is 53.8 Å². The predicted molar refractivity (Wildman–Crippen MR) is 157 cm³/mol. The summed E-state index contributed by atoms with van der Waals surface area (Å²) in [7, 11) is 4.49. The summed E-state index contributed by atoms with van der Waals surface area (Å²) < 4.78 is 22.0. The maximum Gasteiger partial charge on any atom is 0.337 e. The Morgan fingerprint density at radius 1 is 0.738 bits per heavy atom. The van der Waals surface area contributed by atoms with Crippen LogP contribution in [0.4, 0.5) is 0 Å². The number of hydrogen-bond donors (Lipinski definition) is 0. The number of ether oxygens (including phenoxy) is 4. The quantitative estimate of drug-likeness (QED) is 0.194. The van der Waals surface area contributed by atoms with Gasteiger partial charge in [-0.05, 0) is 66.1 Å². The second-order valence-corrected chi connectivity index (χ2v) is 9.77. The number of nitrogens with zero attached hydrogens (tertiary/aromatic N) is 1. The van der Waals surface area contributed by atoms with Crippen LogP contribution in [0.5, 0.6) is 17.2 Å². The van der Waals surface area contributed by atoms with Gasteiger partial charge in [0.25, 0.3) is 5.91 Å². The van der Waals surface area contributed by atoms with E-state index >= 15 is 0 Å². The highest BCUT2D eigenvalue weighted by atomic mass is 16.5. The number of carbonyl (C=O) groups is 3. The van der Waals surface area contributed by atoms with Crippen molar-refractivity contribution in [1.29, 1.82) is 0 Å². The Labute approximate surface area is 244 Å². The molecule has 0 saturated carbocycles. The van der Waals surface area contributed by atoms with E-state index in [0.717, 1.165) is 11.1 Å². The number of esters is 1. The zero-order chi connectivity index (χ0) is 29.6. The molecule has 0 saturated heterocycles. The number of ketones is 1. The molecule has 8 heteroatoms. The van der Waals surface area contributed by atoms with E-state index in [9.17, 15) is 14.4 Å². The highest BCUT2D eigenvalue weighted by Gasteiger charge is 2.33. The Kier molecular flexibility index (Phi) is 8.52. The number of benzene rings is 4. The van der Waals surface area contributed by atoms with E-state index in [2.05, 4.69) is 0 Å². The molecule has 42 heavy (non-hydrogen) atoms. The summed E-state index contributed by atoms with van der Waals surface area (Å²) in [4.78, 5) is 40.4. The molecule has 1 heterocycles. The van der Waals surface area contributed by atoms with Gasteiger partial charge >= 0.3 is 5.97 Å². The molecular formula is C34H31NO7. The summed E-state index contributed by atoms with van der Waals surface area (Å²) in [6.07, 6.45) is 0.621. The Morgan fingerprint density at radius 2 is 1.33 bits per heavy atom. The molecule has 0 aromatic heterocycles. The fourth-order valence-corrected chi connectivity index (χ4v) is 5.12. The highest BCUT2D eigenvalue weighted by Crippen LogP contribution is 2.39. The minimum atomic E-state index is -0.438. The molecule has 8 nitrogen and oxygen atoms in total. The molecule has 1 aliphatic rings. The first-order valence-corrected chi connectivity index (χ1v) is 13.5. The molecule has 4 aromatic carbocycles. The molecule has 5 rings (SSSR count). The highest BCUT2D eigenvalue weighted by molar-refractivity contribution is 6.09. The summed E-state index contributed by atoms with van der Waals surface area (Å²) in [5.41, 5.74) is 3.91. The second kappa shape index (κ2) is 12.6. The van der Waals surface area contributed by atoms with Gasteiger partial charge in [-0.15, -0.1) is 0 Å². The van der Waals surface area contributed by atoms with E-state index in [1.807, 2.05) is 30.3 Å². The lowest BCUT2D eigenvalue weighted by molar-refractivity contribution is 0.0582. The molecule has 0 aliphatic carbocycles. The van der Waals surface area contributed by atoms with E-state index in [0.29, 0.717) is 52.5 Å². The number of hydrogen-bond acceptors (Lipinski definition) is 7. The van der Waals surface area contributed by atoms with Crippen molar-refractivity contribution in [3.05, 3.63) is 124 Å². The van der Waals surface area contributed by atoms with Gasteiger partial charge in [-0.1, -0.05) is 42.5 Å². The largest absolute Gasteiger partial charge is 0.493 e. The van der Waals surface area contributed by atoms with Gasteiger partial charge in [0, 0.05) is 23.2 Å². The van der Waals surface area contributed by atoms with Crippen molar-refractivity contribution < 1.29 is 33.3 Å². The average molecular weight is 566 g/mol. The zero-order valence-corrected chi connectivity index (χ0v) is 23.7. The van der Waals surface area contributed by atoms with Gasteiger partial charge in [0.15, 0.2) is 17.3 Å². The molecular weight excluding hydrogens is 534 g/mol. The summed E-state index contributed by atoms with van der Waals surface area (Å²) >= 11 is 0. The van der Waals surface area contributed by atoms with Gasteiger partial charge in [0.05, 0.1) is 32.9 Å². The number of amides is 1. The molecule has 0 radical (unpaired) electrons. The zero-order valence-electron chi connectivity index (χ0n) is 23.7. The van der Waals surface area contributed by atoms with E-state index in [1.165, 1.54) is 7.11 Å². The Hall–Kier alpha value is -5.11. The van der Waals surface area contributed by atoms with Crippen LogP contribution in [-0.2, 0) is 11.2 Å². The lowest BCUT2D eigenvalue weighted by Gasteiger charge is -2.37. The third-order valence-corrected chi connectivity index (χ3v) is 7.38. The fourth-order valence-electron chi connectivity index (χ4n) is 5.12. The van der Waals surface area contributed by atoms with Gasteiger partial charge < -0.3 is 23.8 Å². The minimum Gasteiger partial charge on any atom is -0.493 e. The predicted octanol–water partition coefficient (Wildman–Crippen LogP) is 5.54. The number of rotatable bonds is 9. The van der Waals surface area contributed by atoms with Crippen LogP contribution in [0, 0.1) is 0 Å². The molecule has 0 spiro atoms. The van der Waals surface area contributed by atoms with Crippen molar-refractivity contribution in [2.24, 2.45) is 0 Å². The van der Waals surface area contributed by atoms with Crippen molar-refractivity contribution in [3.63, 3.8) is 0 Å². The first-order chi connectivity index (χ1) is 20.4. The van der Waals surface area contributed by atoms with Crippen molar-refractivity contribution in [2.75, 3.05) is 34.5 Å². The van der Waals surface area contributed by atoms with Gasteiger partial charge in [0.2, 0.25) is 0 Å². The third kappa shape index (κ3) is 5.83. The van der Waals surface area contributed by atoms with Crippen molar-refractivity contribution in [3.8, 4) is 17.2 Å². The van der Waals surface area contributed by atoms with E-state index < -0.39 is 12.0 Å². The van der Waals surface area contributed by atoms with Crippen molar-refractivity contribution in [2.45, 2.75) is 12.5 Å². The standard InChI is InChI=1S/C34H31NO7/c1-39-30-19-26-17-18-35(33(37)24-11-9-23(10-12-24)32(36)22-7-5-4-6-8-22)29(28(26)20-31(30)40-2)21-42-27-15-13-25(14-16-27)34(38)41-3/h4-16,19-20,29H,17-18,21H2,1-3H3. The van der Waals surface area contributed by atoms with Crippen LogP contribution in [0.25, 0.3) is 0 Å². The van der Waals surface area contributed by atoms with Crippen LogP contribution in [-0.4, -0.2) is 57.0 Å². The number of fused-ring (bicyclic) bond motifs is 1. The summed E-state index contributed by atoms with van der Waals surface area (Å²) in [5.74, 6) is 1.01. The normalized spacial score (nSPS) is 14.0. The molecule has 4 aromatic rings. The SMILES string of the molecule is COC(=O)c1ccc(OCC2c3cc(OC)c(OC)cc3CCN2C(=O)c2ccc(C(=O)c3ccccc3)cc2)cc1. The summed E-state index contributed by atoms with van der Waals surface area (Å²) in [6.45, 7) is 0.623. The van der Waals surface area contributed by atoms with Crippen LogP contribution < -0.4 is 14.2 Å². The maximum atomic E-state index is 13.9. The monoisotopic (exact) mass is 565 g/mol. The minimum absolute atomic E-state index is 0.105. The number of methoxy groups -OCH3 is 3. The van der Waals surface area contributed by atoms with E-state index in [4.69, 9.17) is 18.9 Å². The van der Waals surface area contributed by atoms with Crippen molar-refractivity contribution >= 4 is 17.7 Å². The van der Waals surface area contributed by atoms with E-state index in [1.54, 1.807) is 79.8 Å². The first-order valence-electron chi connectivity index (χ1n) is 13.5. The summed E-state index contributed by atoms with van der Waals surface area (Å²) in [5, 5.41) is 0. The van der Waals surface area contributed by atoms with Crippen LogP contribution in [0.2, 0.25) is 0 Å². The molecule has 1 amide bonds. The molecule has 1 atom stereocenters. The molecule has 1 aliphatic heterocycles. The Morgan fingerprint density at radius 3 is 1.98 bits per heavy atom. The molecule has 0 N–H and O–H groups in total. The molecule has 1 unspecified atom stereocenters.